The van der Waals surface area contributed by atoms with E-state index in [0.29, 0.717) is 22.9 Å². The van der Waals surface area contributed by atoms with Gasteiger partial charge in [-0.05, 0) is 12.1 Å². The van der Waals surface area contributed by atoms with Crippen molar-refractivity contribution in [1.29, 1.82) is 0 Å². The number of hydrogen-bond acceptors (Lipinski definition) is 6. The van der Waals surface area contributed by atoms with E-state index in [-0.39, 0.29) is 0 Å². The molecule has 4 aromatic rings. The number of rotatable bonds is 2. The van der Waals surface area contributed by atoms with Gasteiger partial charge >= 0.3 is 0 Å². The van der Waals surface area contributed by atoms with Gasteiger partial charge in [0.2, 0.25) is 5.89 Å². The number of fused-ring (bicyclic) bond motifs is 3. The lowest BCUT2D eigenvalue weighted by Crippen LogP contribution is -1.95. The van der Waals surface area contributed by atoms with Crippen LogP contribution in [-0.4, -0.2) is 31.6 Å². The van der Waals surface area contributed by atoms with Gasteiger partial charge in [-0.15, -0.1) is 0 Å². The topological polar surface area (TPSA) is 81.7 Å². The molecule has 0 aliphatic carbocycles. The summed E-state index contributed by atoms with van der Waals surface area (Å²) >= 11 is 0. The van der Waals surface area contributed by atoms with Crippen LogP contribution in [0.1, 0.15) is 0 Å². The number of anilines is 1. The van der Waals surface area contributed by atoms with E-state index in [2.05, 4.69) is 25.3 Å². The first kappa shape index (κ1) is 11.8. The molecule has 0 aromatic carbocycles. The molecular weight excluding hydrogens is 268 g/mol. The molecule has 0 spiro atoms. The van der Waals surface area contributed by atoms with Gasteiger partial charge in [0, 0.05) is 32.1 Å². The fourth-order valence-electron chi connectivity index (χ4n) is 2.37. The molecule has 0 amide bonds. The number of pyridine rings is 2. The predicted octanol–water partition coefficient (Wildman–Crippen LogP) is 2.21. The highest BCUT2D eigenvalue weighted by Gasteiger charge is 2.18. The summed E-state index contributed by atoms with van der Waals surface area (Å²) in [4.78, 5) is 17.4. The van der Waals surface area contributed by atoms with Gasteiger partial charge in [-0.25, -0.2) is 9.97 Å². The highest BCUT2D eigenvalue weighted by atomic mass is 16.4. The Bertz CT molecular complexity index is 940. The zero-order valence-corrected chi connectivity index (χ0v) is 11.5. The number of nitrogens with zero attached hydrogens (tertiary/aromatic N) is 5. The van der Waals surface area contributed by atoms with Crippen LogP contribution < -0.4 is 5.32 Å². The molecule has 0 fully saturated rings. The highest BCUT2D eigenvalue weighted by molar-refractivity contribution is 6.03. The summed E-state index contributed by atoms with van der Waals surface area (Å²) in [6.07, 6.45) is 5.15. The Morgan fingerprint density at radius 2 is 1.95 bits per heavy atom. The molecule has 0 bridgehead atoms. The van der Waals surface area contributed by atoms with E-state index in [0.717, 1.165) is 16.6 Å². The Hall–Kier alpha value is -2.96. The van der Waals surface area contributed by atoms with Gasteiger partial charge in [0.25, 0.3) is 5.71 Å². The second kappa shape index (κ2) is 4.27. The van der Waals surface area contributed by atoms with Crippen molar-refractivity contribution in [3.63, 3.8) is 0 Å². The second-order valence-electron chi connectivity index (χ2n) is 4.67. The third-order valence-electron chi connectivity index (χ3n) is 3.37. The molecule has 104 valence electrons. The summed E-state index contributed by atoms with van der Waals surface area (Å²) in [5.41, 5.74) is 3.73. The van der Waals surface area contributed by atoms with E-state index in [1.54, 1.807) is 18.7 Å². The van der Waals surface area contributed by atoms with Crippen molar-refractivity contribution in [2.75, 3.05) is 12.4 Å². The predicted molar refractivity (Wildman–Crippen MR) is 78.9 cm³/mol. The zero-order valence-electron chi connectivity index (χ0n) is 11.5. The van der Waals surface area contributed by atoms with Crippen molar-refractivity contribution in [3.8, 4) is 11.5 Å². The van der Waals surface area contributed by atoms with Crippen LogP contribution in [0, 0.1) is 0 Å². The molecule has 21 heavy (non-hydrogen) atoms. The van der Waals surface area contributed by atoms with E-state index in [9.17, 15) is 0 Å². The van der Waals surface area contributed by atoms with E-state index >= 15 is 0 Å². The Labute approximate surface area is 119 Å². The fourth-order valence-corrected chi connectivity index (χ4v) is 2.37. The first-order valence-corrected chi connectivity index (χ1v) is 6.47. The molecule has 4 heterocycles. The van der Waals surface area contributed by atoms with Crippen molar-refractivity contribution in [2.24, 2.45) is 7.05 Å². The summed E-state index contributed by atoms with van der Waals surface area (Å²) in [6, 6.07) is 3.70. The van der Waals surface area contributed by atoms with Gasteiger partial charge in [0.05, 0.1) is 6.33 Å². The molecular formula is C14H12N6O. The average molecular weight is 280 g/mol. The minimum atomic E-state index is 0.488. The molecule has 0 aliphatic rings. The van der Waals surface area contributed by atoms with Gasteiger partial charge < -0.3 is 14.3 Å². The fraction of sp³-hybridized carbons (Fsp3) is 0.143. The van der Waals surface area contributed by atoms with Crippen molar-refractivity contribution in [3.05, 3.63) is 30.9 Å². The Kier molecular flexibility index (Phi) is 2.41. The lowest BCUT2D eigenvalue weighted by molar-refractivity contribution is 0.608. The maximum atomic E-state index is 5.80. The molecule has 0 radical (unpaired) electrons. The van der Waals surface area contributed by atoms with E-state index in [1.165, 1.54) is 0 Å². The van der Waals surface area contributed by atoms with Gasteiger partial charge in [-0.3, -0.25) is 4.98 Å². The Balaban J connectivity index is 2.07. The number of nitrogens with one attached hydrogen (secondary N) is 1. The summed E-state index contributed by atoms with van der Waals surface area (Å²) in [7, 11) is 3.73. The summed E-state index contributed by atoms with van der Waals surface area (Å²) in [5.74, 6) is 1.20. The number of hydrogen-bond donors (Lipinski definition) is 1. The normalized spacial score (nSPS) is 11.3. The van der Waals surface area contributed by atoms with Crippen LogP contribution in [0.15, 0.2) is 35.3 Å². The standard InChI is InChI=1S/C14H12N6O/c1-15-12-9-11(20(2)7-17-9)10-14(19-12)21-13(18-10)8-3-5-16-6-4-8/h3-7H,1-2H3,(H,15,19). The SMILES string of the molecule is CNc1nc2oc(-c3ccncc3)nc2c2c1ncn2C. The average Bonchev–Trinajstić information content (AvgIpc) is 3.11. The lowest BCUT2D eigenvalue weighted by Gasteiger charge is -2.00. The highest BCUT2D eigenvalue weighted by Crippen LogP contribution is 2.30. The van der Waals surface area contributed by atoms with Gasteiger partial charge in [-0.1, -0.05) is 0 Å². The molecule has 7 nitrogen and oxygen atoms in total. The molecule has 4 aromatic heterocycles. The quantitative estimate of drug-likeness (QED) is 0.606. The zero-order chi connectivity index (χ0) is 14.4. The third-order valence-corrected chi connectivity index (χ3v) is 3.37. The van der Waals surface area contributed by atoms with Crippen molar-refractivity contribution >= 4 is 28.1 Å². The van der Waals surface area contributed by atoms with Crippen LogP contribution in [0.3, 0.4) is 0 Å². The number of aromatic nitrogens is 5. The first-order chi connectivity index (χ1) is 10.3. The molecule has 0 aliphatic heterocycles. The van der Waals surface area contributed by atoms with Crippen LogP contribution in [0.5, 0.6) is 0 Å². The van der Waals surface area contributed by atoms with Gasteiger partial charge in [-0.2, -0.15) is 4.98 Å². The summed E-state index contributed by atoms with van der Waals surface area (Å²) in [6.45, 7) is 0. The van der Waals surface area contributed by atoms with Crippen LogP contribution in [0.2, 0.25) is 0 Å². The molecule has 0 unspecified atom stereocenters. The van der Waals surface area contributed by atoms with E-state index in [4.69, 9.17) is 4.42 Å². The molecule has 0 saturated heterocycles. The van der Waals surface area contributed by atoms with Crippen molar-refractivity contribution < 1.29 is 4.42 Å². The van der Waals surface area contributed by atoms with Gasteiger partial charge in [0.1, 0.15) is 11.0 Å². The number of oxazole rings is 1. The molecule has 4 rings (SSSR count). The van der Waals surface area contributed by atoms with Crippen LogP contribution in [0.4, 0.5) is 5.82 Å². The largest absolute Gasteiger partial charge is 0.418 e. The van der Waals surface area contributed by atoms with Crippen molar-refractivity contribution in [1.82, 2.24) is 24.5 Å². The van der Waals surface area contributed by atoms with E-state index in [1.807, 2.05) is 30.8 Å². The van der Waals surface area contributed by atoms with E-state index < -0.39 is 0 Å². The van der Waals surface area contributed by atoms with Crippen LogP contribution >= 0.6 is 0 Å². The maximum absolute atomic E-state index is 5.80. The maximum Gasteiger partial charge on any atom is 0.251 e. The van der Waals surface area contributed by atoms with Crippen molar-refractivity contribution in [2.45, 2.75) is 0 Å². The lowest BCUT2D eigenvalue weighted by atomic mass is 10.3. The molecule has 0 saturated carbocycles. The smallest absolute Gasteiger partial charge is 0.251 e. The molecule has 7 heteroatoms. The molecule has 0 atom stereocenters. The van der Waals surface area contributed by atoms with Gasteiger partial charge in [0.15, 0.2) is 11.3 Å². The van der Waals surface area contributed by atoms with Crippen LogP contribution in [0.25, 0.3) is 33.7 Å². The Morgan fingerprint density at radius 3 is 2.71 bits per heavy atom. The number of aryl methyl sites for hydroxylation is 1. The minimum Gasteiger partial charge on any atom is -0.418 e. The first-order valence-electron chi connectivity index (χ1n) is 6.47. The minimum absolute atomic E-state index is 0.488. The van der Waals surface area contributed by atoms with Crippen LogP contribution in [-0.2, 0) is 7.05 Å². The Morgan fingerprint density at radius 1 is 1.14 bits per heavy atom. The number of imidazole rings is 1. The summed E-state index contributed by atoms with van der Waals surface area (Å²) < 4.78 is 7.71. The second-order valence-corrected chi connectivity index (χ2v) is 4.67. The third kappa shape index (κ3) is 1.67. The monoisotopic (exact) mass is 280 g/mol. The molecule has 1 N–H and O–H groups in total. The summed E-state index contributed by atoms with van der Waals surface area (Å²) in [5, 5.41) is 3.04.